The van der Waals surface area contributed by atoms with E-state index in [-0.39, 0.29) is 28.9 Å². The van der Waals surface area contributed by atoms with Gasteiger partial charge in [0.1, 0.15) is 17.3 Å². The molecule has 1 atom stereocenters. The monoisotopic (exact) mass is 460 g/mol. The number of aromatic nitrogens is 1. The summed E-state index contributed by atoms with van der Waals surface area (Å²) >= 11 is 0. The van der Waals surface area contributed by atoms with E-state index in [2.05, 4.69) is 10.3 Å². The second-order valence-corrected chi connectivity index (χ2v) is 8.48. The van der Waals surface area contributed by atoms with E-state index in [4.69, 9.17) is 13.9 Å². The SMILES string of the molecule is COc1ccc(CCNC(=O)C[S@@](=O)Cc2nc(-c3ccccc3F)oc2C)cc1OC. The minimum Gasteiger partial charge on any atom is -0.493 e. The van der Waals surface area contributed by atoms with Crippen LogP contribution >= 0.6 is 0 Å². The van der Waals surface area contributed by atoms with Gasteiger partial charge in [0.25, 0.3) is 0 Å². The van der Waals surface area contributed by atoms with Crippen LogP contribution in [0.2, 0.25) is 0 Å². The molecule has 2 aromatic carbocycles. The van der Waals surface area contributed by atoms with Crippen molar-refractivity contribution in [2.24, 2.45) is 0 Å². The van der Waals surface area contributed by atoms with Crippen LogP contribution in [0.5, 0.6) is 11.5 Å². The number of nitrogens with one attached hydrogen (secondary N) is 1. The smallest absolute Gasteiger partial charge is 0.232 e. The molecule has 1 heterocycles. The van der Waals surface area contributed by atoms with E-state index >= 15 is 0 Å². The van der Waals surface area contributed by atoms with Crippen LogP contribution in [0.4, 0.5) is 4.39 Å². The quantitative estimate of drug-likeness (QED) is 0.499. The zero-order valence-electron chi connectivity index (χ0n) is 18.1. The molecule has 1 N–H and O–H groups in total. The minimum atomic E-state index is -1.48. The summed E-state index contributed by atoms with van der Waals surface area (Å²) in [5, 5.41) is 2.77. The number of benzene rings is 2. The average molecular weight is 461 g/mol. The summed E-state index contributed by atoms with van der Waals surface area (Å²) in [4.78, 5) is 16.4. The number of ether oxygens (including phenoxy) is 2. The number of carbonyl (C=O) groups excluding carboxylic acids is 1. The molecule has 0 spiro atoms. The van der Waals surface area contributed by atoms with E-state index in [9.17, 15) is 13.4 Å². The zero-order valence-corrected chi connectivity index (χ0v) is 19.0. The maximum absolute atomic E-state index is 13.9. The number of halogens is 1. The molecule has 0 aliphatic carbocycles. The van der Waals surface area contributed by atoms with Crippen molar-refractivity contribution < 1.29 is 27.3 Å². The Morgan fingerprint density at radius 3 is 2.62 bits per heavy atom. The van der Waals surface area contributed by atoms with Crippen molar-refractivity contribution in [1.82, 2.24) is 10.3 Å². The number of carbonyl (C=O) groups is 1. The normalized spacial score (nSPS) is 11.8. The van der Waals surface area contributed by atoms with E-state index in [0.29, 0.717) is 35.9 Å². The van der Waals surface area contributed by atoms with Crippen LogP contribution in [0.1, 0.15) is 17.0 Å². The average Bonchev–Trinajstić information content (AvgIpc) is 3.13. The Kier molecular flexibility index (Phi) is 7.99. The van der Waals surface area contributed by atoms with Gasteiger partial charge in [-0.05, 0) is 43.2 Å². The molecule has 7 nitrogen and oxygen atoms in total. The maximum Gasteiger partial charge on any atom is 0.232 e. The van der Waals surface area contributed by atoms with Crippen LogP contribution in [-0.2, 0) is 27.8 Å². The molecule has 0 bridgehead atoms. The first kappa shape index (κ1) is 23.5. The number of rotatable bonds is 10. The van der Waals surface area contributed by atoms with Gasteiger partial charge >= 0.3 is 0 Å². The Labute approximate surface area is 188 Å². The molecule has 0 unspecified atom stereocenters. The summed E-state index contributed by atoms with van der Waals surface area (Å²) in [6.07, 6.45) is 0.590. The highest BCUT2D eigenvalue weighted by Crippen LogP contribution is 2.27. The van der Waals surface area contributed by atoms with Gasteiger partial charge in [0.2, 0.25) is 11.8 Å². The van der Waals surface area contributed by atoms with Crippen molar-refractivity contribution in [3.63, 3.8) is 0 Å². The first-order valence-corrected chi connectivity index (χ1v) is 11.4. The molecule has 9 heteroatoms. The largest absolute Gasteiger partial charge is 0.493 e. The number of amides is 1. The maximum atomic E-state index is 13.9. The molecule has 1 amide bonds. The molecule has 3 aromatic rings. The Morgan fingerprint density at radius 1 is 1.16 bits per heavy atom. The molecule has 32 heavy (non-hydrogen) atoms. The summed E-state index contributed by atoms with van der Waals surface area (Å²) in [6.45, 7) is 2.07. The van der Waals surface area contributed by atoms with Crippen molar-refractivity contribution in [2.45, 2.75) is 19.1 Å². The predicted octanol–water partition coefficient (Wildman–Crippen LogP) is 3.41. The first-order chi connectivity index (χ1) is 15.4. The molecule has 0 saturated heterocycles. The highest BCUT2D eigenvalue weighted by Gasteiger charge is 2.17. The summed E-state index contributed by atoms with van der Waals surface area (Å²) < 4.78 is 42.4. The van der Waals surface area contributed by atoms with Crippen LogP contribution in [0.3, 0.4) is 0 Å². The van der Waals surface area contributed by atoms with Crippen molar-refractivity contribution >= 4 is 16.7 Å². The van der Waals surface area contributed by atoms with E-state index < -0.39 is 16.6 Å². The molecule has 0 saturated carbocycles. The van der Waals surface area contributed by atoms with Gasteiger partial charge < -0.3 is 19.2 Å². The van der Waals surface area contributed by atoms with Gasteiger partial charge in [0, 0.05) is 17.3 Å². The van der Waals surface area contributed by atoms with Gasteiger partial charge in [-0.15, -0.1) is 0 Å². The number of nitrogens with zero attached hydrogens (tertiary/aromatic N) is 1. The van der Waals surface area contributed by atoms with Crippen molar-refractivity contribution in [3.05, 3.63) is 65.3 Å². The van der Waals surface area contributed by atoms with Gasteiger partial charge in [-0.2, -0.15) is 0 Å². The van der Waals surface area contributed by atoms with E-state index in [1.54, 1.807) is 45.4 Å². The van der Waals surface area contributed by atoms with Crippen LogP contribution < -0.4 is 14.8 Å². The third kappa shape index (κ3) is 5.94. The van der Waals surface area contributed by atoms with Crippen molar-refractivity contribution in [1.29, 1.82) is 0 Å². The molecule has 0 radical (unpaired) electrons. The molecule has 0 fully saturated rings. The molecular formula is C23H25FN2O5S. The summed E-state index contributed by atoms with van der Waals surface area (Å²) in [7, 11) is 1.65. The second-order valence-electron chi connectivity index (χ2n) is 7.02. The van der Waals surface area contributed by atoms with Crippen molar-refractivity contribution in [3.8, 4) is 23.0 Å². The molecule has 1 aromatic heterocycles. The van der Waals surface area contributed by atoms with Crippen LogP contribution in [0, 0.1) is 12.7 Å². The van der Waals surface area contributed by atoms with E-state index in [1.807, 2.05) is 12.1 Å². The predicted molar refractivity (Wildman–Crippen MR) is 120 cm³/mol. The lowest BCUT2D eigenvalue weighted by Crippen LogP contribution is -2.30. The number of hydrogen-bond acceptors (Lipinski definition) is 6. The van der Waals surface area contributed by atoms with Gasteiger partial charge in [-0.25, -0.2) is 9.37 Å². The van der Waals surface area contributed by atoms with Crippen LogP contribution in [-0.4, -0.2) is 41.6 Å². The van der Waals surface area contributed by atoms with Gasteiger partial charge in [-0.1, -0.05) is 18.2 Å². The number of aryl methyl sites for hydroxylation is 1. The lowest BCUT2D eigenvalue weighted by Gasteiger charge is -2.10. The minimum absolute atomic E-state index is 0.0485. The number of hydrogen-bond donors (Lipinski definition) is 1. The van der Waals surface area contributed by atoms with E-state index in [0.717, 1.165) is 5.56 Å². The summed E-state index contributed by atoms with van der Waals surface area (Å²) in [5.74, 6) is 0.958. The topological polar surface area (TPSA) is 90.7 Å². The van der Waals surface area contributed by atoms with Crippen LogP contribution in [0.25, 0.3) is 11.5 Å². The fraction of sp³-hybridized carbons (Fsp3) is 0.304. The molecule has 0 aliphatic rings. The van der Waals surface area contributed by atoms with Crippen LogP contribution in [0.15, 0.2) is 46.9 Å². The molecular weight excluding hydrogens is 435 g/mol. The second kappa shape index (κ2) is 10.9. The number of methoxy groups -OCH3 is 2. The molecule has 3 rings (SSSR count). The Balaban J connectivity index is 1.50. The third-order valence-corrected chi connectivity index (χ3v) is 5.95. The highest BCUT2D eigenvalue weighted by molar-refractivity contribution is 7.84. The van der Waals surface area contributed by atoms with Crippen molar-refractivity contribution in [2.75, 3.05) is 26.5 Å². The fourth-order valence-electron chi connectivity index (χ4n) is 3.09. The van der Waals surface area contributed by atoms with E-state index in [1.165, 1.54) is 6.07 Å². The fourth-order valence-corrected chi connectivity index (χ4v) is 4.16. The number of oxazole rings is 1. The first-order valence-electron chi connectivity index (χ1n) is 9.95. The van der Waals surface area contributed by atoms with Gasteiger partial charge in [0.05, 0.1) is 31.2 Å². The van der Waals surface area contributed by atoms with Gasteiger partial charge in [-0.3, -0.25) is 9.00 Å². The standard InChI is InChI=1S/C23H25FN2O5S/c1-15-19(26-23(31-15)17-6-4-5-7-18(17)24)13-32(28)14-22(27)25-11-10-16-8-9-20(29-2)21(12-16)30-3/h4-9,12H,10-11,13-14H2,1-3H3,(H,25,27)/t32-/m0/s1. The Morgan fingerprint density at radius 2 is 1.91 bits per heavy atom. The summed E-state index contributed by atoms with van der Waals surface area (Å²) in [5.41, 5.74) is 1.66. The Bertz CT molecular complexity index is 1120. The zero-order chi connectivity index (χ0) is 23.1. The molecule has 170 valence electrons. The molecule has 0 aliphatic heterocycles. The lowest BCUT2D eigenvalue weighted by atomic mass is 10.1. The summed E-state index contributed by atoms with van der Waals surface area (Å²) in [6, 6.07) is 11.7. The third-order valence-electron chi connectivity index (χ3n) is 4.77. The lowest BCUT2D eigenvalue weighted by molar-refractivity contribution is -0.118. The Hall–Kier alpha value is -3.20. The van der Waals surface area contributed by atoms with Gasteiger partial charge in [0.15, 0.2) is 11.5 Å². The highest BCUT2D eigenvalue weighted by atomic mass is 32.2.